The fourth-order valence-corrected chi connectivity index (χ4v) is 1.75. The van der Waals surface area contributed by atoms with Crippen molar-refractivity contribution in [3.05, 3.63) is 29.8 Å². The van der Waals surface area contributed by atoms with Gasteiger partial charge in [0.2, 0.25) is 0 Å². The van der Waals surface area contributed by atoms with Crippen LogP contribution in [0.1, 0.15) is 33.3 Å². The largest absolute Gasteiger partial charge is 0.491 e. The van der Waals surface area contributed by atoms with Crippen molar-refractivity contribution in [3.63, 3.8) is 0 Å². The van der Waals surface area contributed by atoms with Gasteiger partial charge in [0.25, 0.3) is 0 Å². The minimum Gasteiger partial charge on any atom is -0.491 e. The molecule has 0 aliphatic heterocycles. The third kappa shape index (κ3) is 8.18. The summed E-state index contributed by atoms with van der Waals surface area (Å²) in [7, 11) is 0. The van der Waals surface area contributed by atoms with Crippen molar-refractivity contribution in [1.82, 2.24) is 5.32 Å². The lowest BCUT2D eigenvalue weighted by molar-refractivity contribution is 0.0819. The van der Waals surface area contributed by atoms with Gasteiger partial charge in [-0.25, -0.2) is 0 Å². The lowest BCUT2D eigenvalue weighted by Gasteiger charge is -2.10. The van der Waals surface area contributed by atoms with E-state index in [1.165, 1.54) is 5.56 Å². The van der Waals surface area contributed by atoms with Crippen LogP contribution >= 0.6 is 0 Å². The molecular weight excluding hydrogens is 250 g/mol. The zero-order chi connectivity index (χ0) is 14.8. The SMILES string of the molecule is CC(C)CNCc1ccc(OCCOCC(C)C)cc1. The van der Waals surface area contributed by atoms with Gasteiger partial charge in [-0.1, -0.05) is 39.8 Å². The van der Waals surface area contributed by atoms with Gasteiger partial charge >= 0.3 is 0 Å². The Labute approximate surface area is 123 Å². The van der Waals surface area contributed by atoms with Crippen molar-refractivity contribution < 1.29 is 9.47 Å². The van der Waals surface area contributed by atoms with Crippen LogP contribution in [-0.4, -0.2) is 26.4 Å². The van der Waals surface area contributed by atoms with Crippen molar-refractivity contribution in [2.24, 2.45) is 11.8 Å². The molecule has 0 bridgehead atoms. The molecule has 114 valence electrons. The van der Waals surface area contributed by atoms with Crippen LogP contribution in [-0.2, 0) is 11.3 Å². The molecule has 0 aliphatic rings. The molecule has 1 aromatic carbocycles. The molecule has 1 N–H and O–H groups in total. The molecule has 0 atom stereocenters. The van der Waals surface area contributed by atoms with Gasteiger partial charge < -0.3 is 14.8 Å². The van der Waals surface area contributed by atoms with Crippen LogP contribution in [0.15, 0.2) is 24.3 Å². The lowest BCUT2D eigenvalue weighted by atomic mass is 10.2. The average Bonchev–Trinajstić information content (AvgIpc) is 2.39. The van der Waals surface area contributed by atoms with Crippen LogP contribution in [0.4, 0.5) is 0 Å². The Balaban J connectivity index is 2.18. The van der Waals surface area contributed by atoms with Crippen molar-refractivity contribution in [1.29, 1.82) is 0 Å². The summed E-state index contributed by atoms with van der Waals surface area (Å²) in [5, 5.41) is 3.43. The summed E-state index contributed by atoms with van der Waals surface area (Å²) >= 11 is 0. The quantitative estimate of drug-likeness (QED) is 0.665. The van der Waals surface area contributed by atoms with Crippen LogP contribution in [0.3, 0.4) is 0 Å². The van der Waals surface area contributed by atoms with E-state index in [2.05, 4.69) is 45.1 Å². The molecule has 0 unspecified atom stereocenters. The lowest BCUT2D eigenvalue weighted by Crippen LogP contribution is -2.18. The number of hydrogen-bond donors (Lipinski definition) is 1. The number of hydrogen-bond acceptors (Lipinski definition) is 3. The van der Waals surface area contributed by atoms with Gasteiger partial charge in [-0.05, 0) is 36.1 Å². The minimum absolute atomic E-state index is 0.577. The van der Waals surface area contributed by atoms with Gasteiger partial charge in [-0.2, -0.15) is 0 Å². The Morgan fingerprint density at radius 3 is 2.25 bits per heavy atom. The topological polar surface area (TPSA) is 30.5 Å². The van der Waals surface area contributed by atoms with E-state index in [0.717, 1.165) is 25.4 Å². The van der Waals surface area contributed by atoms with Crippen LogP contribution in [0, 0.1) is 11.8 Å². The highest BCUT2D eigenvalue weighted by Crippen LogP contribution is 2.12. The monoisotopic (exact) mass is 279 g/mol. The molecule has 0 heterocycles. The summed E-state index contributed by atoms with van der Waals surface area (Å²) in [5.74, 6) is 2.17. The van der Waals surface area contributed by atoms with E-state index >= 15 is 0 Å². The molecule has 0 saturated heterocycles. The Morgan fingerprint density at radius 2 is 1.65 bits per heavy atom. The number of ether oxygens (including phenoxy) is 2. The van der Waals surface area contributed by atoms with E-state index < -0.39 is 0 Å². The highest BCUT2D eigenvalue weighted by Gasteiger charge is 1.98. The van der Waals surface area contributed by atoms with Gasteiger partial charge in [-0.15, -0.1) is 0 Å². The predicted octanol–water partition coefficient (Wildman–Crippen LogP) is 3.48. The summed E-state index contributed by atoms with van der Waals surface area (Å²) < 4.78 is 11.1. The normalized spacial score (nSPS) is 11.3. The molecule has 1 rings (SSSR count). The summed E-state index contributed by atoms with van der Waals surface area (Å²) in [5.41, 5.74) is 1.29. The zero-order valence-corrected chi connectivity index (χ0v) is 13.3. The third-order valence-electron chi connectivity index (χ3n) is 2.75. The summed E-state index contributed by atoms with van der Waals surface area (Å²) in [6.07, 6.45) is 0. The minimum atomic E-state index is 0.577. The number of benzene rings is 1. The third-order valence-corrected chi connectivity index (χ3v) is 2.75. The van der Waals surface area contributed by atoms with Crippen molar-refractivity contribution in [3.8, 4) is 5.75 Å². The molecular formula is C17H29NO2. The second kappa shape index (κ2) is 9.78. The Hall–Kier alpha value is -1.06. The zero-order valence-electron chi connectivity index (χ0n) is 13.3. The molecule has 0 spiro atoms. The van der Waals surface area contributed by atoms with Crippen molar-refractivity contribution in [2.75, 3.05) is 26.4 Å². The molecule has 0 aliphatic carbocycles. The highest BCUT2D eigenvalue weighted by atomic mass is 16.5. The first-order valence-corrected chi connectivity index (χ1v) is 7.58. The van der Waals surface area contributed by atoms with Gasteiger partial charge in [0, 0.05) is 13.2 Å². The van der Waals surface area contributed by atoms with E-state index in [0.29, 0.717) is 25.0 Å². The summed E-state index contributed by atoms with van der Waals surface area (Å²) in [6.45, 7) is 12.7. The van der Waals surface area contributed by atoms with Gasteiger partial charge in [-0.3, -0.25) is 0 Å². The molecule has 20 heavy (non-hydrogen) atoms. The molecule has 3 heteroatoms. The fraction of sp³-hybridized carbons (Fsp3) is 0.647. The van der Waals surface area contributed by atoms with Crippen LogP contribution in [0.2, 0.25) is 0 Å². The molecule has 0 aromatic heterocycles. The van der Waals surface area contributed by atoms with E-state index in [1.807, 2.05) is 12.1 Å². The molecule has 0 fully saturated rings. The van der Waals surface area contributed by atoms with Crippen LogP contribution in [0.25, 0.3) is 0 Å². The van der Waals surface area contributed by atoms with Gasteiger partial charge in [0.1, 0.15) is 12.4 Å². The number of rotatable bonds is 10. The maximum atomic E-state index is 5.64. The van der Waals surface area contributed by atoms with E-state index in [9.17, 15) is 0 Å². The second-order valence-corrected chi connectivity index (χ2v) is 5.99. The second-order valence-electron chi connectivity index (χ2n) is 5.99. The highest BCUT2D eigenvalue weighted by molar-refractivity contribution is 5.27. The fourth-order valence-electron chi connectivity index (χ4n) is 1.75. The first kappa shape index (κ1) is 17.0. The van der Waals surface area contributed by atoms with Crippen molar-refractivity contribution >= 4 is 0 Å². The molecule has 3 nitrogen and oxygen atoms in total. The maximum Gasteiger partial charge on any atom is 0.119 e. The Morgan fingerprint density at radius 1 is 0.950 bits per heavy atom. The van der Waals surface area contributed by atoms with Crippen LogP contribution in [0.5, 0.6) is 5.75 Å². The first-order valence-electron chi connectivity index (χ1n) is 7.58. The summed E-state index contributed by atoms with van der Waals surface area (Å²) in [6, 6.07) is 8.26. The maximum absolute atomic E-state index is 5.64. The van der Waals surface area contributed by atoms with Crippen LogP contribution < -0.4 is 10.1 Å². The molecule has 0 saturated carbocycles. The molecule has 1 aromatic rings. The standard InChI is InChI=1S/C17H29NO2/c1-14(2)11-18-12-16-5-7-17(8-6-16)20-10-9-19-13-15(3)4/h5-8,14-15,18H,9-13H2,1-4H3. The average molecular weight is 279 g/mol. The smallest absolute Gasteiger partial charge is 0.119 e. The first-order chi connectivity index (χ1) is 9.58. The van der Waals surface area contributed by atoms with Crippen molar-refractivity contribution in [2.45, 2.75) is 34.2 Å². The Kier molecular flexibility index (Phi) is 8.31. The Bertz CT molecular complexity index is 347. The molecule has 0 amide bonds. The number of nitrogens with one attached hydrogen (secondary N) is 1. The summed E-state index contributed by atoms with van der Waals surface area (Å²) in [4.78, 5) is 0. The van der Waals surface area contributed by atoms with Gasteiger partial charge in [0.05, 0.1) is 6.61 Å². The molecule has 0 radical (unpaired) electrons. The van der Waals surface area contributed by atoms with E-state index in [4.69, 9.17) is 9.47 Å². The van der Waals surface area contributed by atoms with Gasteiger partial charge in [0.15, 0.2) is 0 Å². The predicted molar refractivity (Wildman–Crippen MR) is 84.1 cm³/mol. The van der Waals surface area contributed by atoms with E-state index in [1.54, 1.807) is 0 Å². The van der Waals surface area contributed by atoms with E-state index in [-0.39, 0.29) is 0 Å².